The van der Waals surface area contributed by atoms with E-state index >= 15 is 0 Å². The second kappa shape index (κ2) is 6.14. The van der Waals surface area contributed by atoms with Crippen LogP contribution < -0.4 is 10.6 Å². The van der Waals surface area contributed by atoms with E-state index in [0.29, 0.717) is 0 Å². The maximum Gasteiger partial charge on any atom is 0.0934 e. The van der Waals surface area contributed by atoms with E-state index in [0.717, 1.165) is 18.0 Å². The van der Waals surface area contributed by atoms with E-state index in [-0.39, 0.29) is 12.0 Å². The van der Waals surface area contributed by atoms with E-state index < -0.39 is 0 Å². The predicted octanol–water partition coefficient (Wildman–Crippen LogP) is 0.836. The zero-order valence-electron chi connectivity index (χ0n) is 8.66. The highest BCUT2D eigenvalue weighted by Gasteiger charge is 2.20. The molecular weight excluding hydrogens is 196 g/mol. The zero-order valence-corrected chi connectivity index (χ0v) is 9.47. The van der Waals surface area contributed by atoms with Crippen LogP contribution >= 0.6 is 11.3 Å². The van der Waals surface area contributed by atoms with Gasteiger partial charge < -0.3 is 15.7 Å². The molecule has 0 amide bonds. The summed E-state index contributed by atoms with van der Waals surface area (Å²) in [6.07, 6.45) is -0.366. The molecule has 14 heavy (non-hydrogen) atoms. The minimum Gasteiger partial charge on any atom is -0.387 e. The van der Waals surface area contributed by atoms with Gasteiger partial charge in [0.2, 0.25) is 0 Å². The molecule has 0 bridgehead atoms. The molecule has 1 heterocycles. The first kappa shape index (κ1) is 11.7. The molecule has 4 heteroatoms. The number of aliphatic hydroxyl groups is 1. The van der Waals surface area contributed by atoms with Gasteiger partial charge in [0.1, 0.15) is 0 Å². The van der Waals surface area contributed by atoms with Crippen LogP contribution in [0.5, 0.6) is 0 Å². The van der Waals surface area contributed by atoms with Crippen LogP contribution in [-0.4, -0.2) is 32.3 Å². The number of nitrogens with one attached hydrogen (secondary N) is 2. The topological polar surface area (TPSA) is 44.3 Å². The van der Waals surface area contributed by atoms with Gasteiger partial charge in [0.05, 0.1) is 6.10 Å². The fourth-order valence-corrected chi connectivity index (χ4v) is 2.31. The van der Waals surface area contributed by atoms with E-state index in [2.05, 4.69) is 10.6 Å². The molecule has 3 N–H and O–H groups in total. The summed E-state index contributed by atoms with van der Waals surface area (Å²) in [5, 5.41) is 18.3. The van der Waals surface area contributed by atoms with Crippen molar-refractivity contribution in [3.8, 4) is 0 Å². The van der Waals surface area contributed by atoms with Gasteiger partial charge in [0.25, 0.3) is 0 Å². The average Bonchev–Trinajstić information content (AvgIpc) is 2.69. The van der Waals surface area contributed by atoms with Crippen molar-refractivity contribution in [3.05, 3.63) is 22.4 Å². The Bertz CT molecular complexity index is 232. The van der Waals surface area contributed by atoms with Crippen LogP contribution in [-0.2, 0) is 0 Å². The molecule has 0 aliphatic heterocycles. The number of aliphatic hydroxyl groups excluding tert-OH is 1. The quantitative estimate of drug-likeness (QED) is 0.657. The number of hydrogen-bond acceptors (Lipinski definition) is 4. The Balaban J connectivity index is 2.58. The fraction of sp³-hybridized carbons (Fsp3) is 0.600. The van der Waals surface area contributed by atoms with Crippen LogP contribution in [0.2, 0.25) is 0 Å². The van der Waals surface area contributed by atoms with Crippen molar-refractivity contribution in [2.24, 2.45) is 5.92 Å². The van der Waals surface area contributed by atoms with Gasteiger partial charge in [0.15, 0.2) is 0 Å². The van der Waals surface area contributed by atoms with E-state index in [1.54, 1.807) is 11.3 Å². The Morgan fingerprint density at radius 3 is 2.43 bits per heavy atom. The van der Waals surface area contributed by atoms with Crippen molar-refractivity contribution in [2.75, 3.05) is 27.2 Å². The second-order valence-corrected chi connectivity index (χ2v) is 4.31. The zero-order chi connectivity index (χ0) is 10.4. The molecule has 1 unspecified atom stereocenters. The highest BCUT2D eigenvalue weighted by molar-refractivity contribution is 7.10. The minimum absolute atomic E-state index is 0.226. The smallest absolute Gasteiger partial charge is 0.0934 e. The largest absolute Gasteiger partial charge is 0.387 e. The summed E-state index contributed by atoms with van der Waals surface area (Å²) in [5.74, 6) is 0.226. The third kappa shape index (κ3) is 3.06. The Kier molecular flexibility index (Phi) is 5.11. The maximum absolute atomic E-state index is 10.1. The normalized spacial score (nSPS) is 13.4. The minimum atomic E-state index is -0.366. The molecule has 0 fully saturated rings. The van der Waals surface area contributed by atoms with Crippen LogP contribution in [0.25, 0.3) is 0 Å². The lowest BCUT2D eigenvalue weighted by Crippen LogP contribution is -2.32. The van der Waals surface area contributed by atoms with Crippen LogP contribution in [0.4, 0.5) is 0 Å². The van der Waals surface area contributed by atoms with E-state index in [1.807, 2.05) is 31.6 Å². The molecule has 1 aromatic heterocycles. The molecule has 0 radical (unpaired) electrons. The monoisotopic (exact) mass is 214 g/mol. The van der Waals surface area contributed by atoms with E-state index in [4.69, 9.17) is 0 Å². The molecular formula is C10H18N2OS. The van der Waals surface area contributed by atoms with Gasteiger partial charge in [0, 0.05) is 23.9 Å². The van der Waals surface area contributed by atoms with E-state index in [1.165, 1.54) is 0 Å². The lowest BCUT2D eigenvalue weighted by molar-refractivity contribution is 0.112. The van der Waals surface area contributed by atoms with Crippen LogP contribution in [0, 0.1) is 5.92 Å². The summed E-state index contributed by atoms with van der Waals surface area (Å²) >= 11 is 1.61. The molecule has 1 aromatic rings. The van der Waals surface area contributed by atoms with Crippen molar-refractivity contribution in [3.63, 3.8) is 0 Å². The Morgan fingerprint density at radius 1 is 1.36 bits per heavy atom. The molecule has 3 nitrogen and oxygen atoms in total. The number of thiophene rings is 1. The molecule has 1 rings (SSSR count). The average molecular weight is 214 g/mol. The third-order valence-electron chi connectivity index (χ3n) is 2.21. The second-order valence-electron chi connectivity index (χ2n) is 3.34. The first-order valence-electron chi connectivity index (χ1n) is 4.80. The van der Waals surface area contributed by atoms with Gasteiger partial charge in [-0.15, -0.1) is 11.3 Å². The molecule has 80 valence electrons. The molecule has 0 saturated carbocycles. The van der Waals surface area contributed by atoms with Crippen molar-refractivity contribution >= 4 is 11.3 Å². The Labute approximate surface area is 89.2 Å². The Morgan fingerprint density at radius 2 is 2.00 bits per heavy atom. The predicted molar refractivity (Wildman–Crippen MR) is 60.6 cm³/mol. The van der Waals surface area contributed by atoms with Gasteiger partial charge >= 0.3 is 0 Å². The molecule has 0 spiro atoms. The fourth-order valence-electron chi connectivity index (χ4n) is 1.51. The van der Waals surface area contributed by atoms with E-state index in [9.17, 15) is 5.11 Å². The number of rotatable bonds is 6. The van der Waals surface area contributed by atoms with Crippen molar-refractivity contribution in [1.29, 1.82) is 0 Å². The molecule has 0 aliphatic rings. The van der Waals surface area contributed by atoms with Crippen molar-refractivity contribution in [2.45, 2.75) is 6.10 Å². The SMILES string of the molecule is CNCC(CNC)C(O)c1cccs1. The van der Waals surface area contributed by atoms with Crippen LogP contribution in [0.15, 0.2) is 17.5 Å². The summed E-state index contributed by atoms with van der Waals surface area (Å²) in [5.41, 5.74) is 0. The molecule has 0 saturated heterocycles. The summed E-state index contributed by atoms with van der Waals surface area (Å²) < 4.78 is 0. The van der Waals surface area contributed by atoms with Gasteiger partial charge in [-0.3, -0.25) is 0 Å². The third-order valence-corrected chi connectivity index (χ3v) is 3.16. The van der Waals surface area contributed by atoms with Crippen LogP contribution in [0.1, 0.15) is 11.0 Å². The van der Waals surface area contributed by atoms with Gasteiger partial charge in [-0.05, 0) is 25.5 Å². The summed E-state index contributed by atoms with van der Waals surface area (Å²) in [4.78, 5) is 1.04. The molecule has 0 aliphatic carbocycles. The first-order chi connectivity index (χ1) is 6.79. The summed E-state index contributed by atoms with van der Waals surface area (Å²) in [7, 11) is 3.81. The number of hydrogen-bond donors (Lipinski definition) is 3. The lowest BCUT2D eigenvalue weighted by Gasteiger charge is -2.21. The summed E-state index contributed by atoms with van der Waals surface area (Å²) in [6, 6.07) is 3.95. The van der Waals surface area contributed by atoms with Crippen molar-refractivity contribution in [1.82, 2.24) is 10.6 Å². The molecule has 0 aromatic carbocycles. The molecule has 1 atom stereocenters. The first-order valence-corrected chi connectivity index (χ1v) is 5.68. The van der Waals surface area contributed by atoms with Gasteiger partial charge in [-0.25, -0.2) is 0 Å². The maximum atomic E-state index is 10.1. The lowest BCUT2D eigenvalue weighted by atomic mass is 10.0. The van der Waals surface area contributed by atoms with Gasteiger partial charge in [-0.2, -0.15) is 0 Å². The van der Waals surface area contributed by atoms with Crippen LogP contribution in [0.3, 0.4) is 0 Å². The van der Waals surface area contributed by atoms with Crippen molar-refractivity contribution < 1.29 is 5.11 Å². The Hall–Kier alpha value is -0.420. The summed E-state index contributed by atoms with van der Waals surface area (Å²) in [6.45, 7) is 1.64. The standard InChI is InChI=1S/C10H18N2OS/c1-11-6-8(7-12-2)10(13)9-4-3-5-14-9/h3-5,8,10-13H,6-7H2,1-2H3. The van der Waals surface area contributed by atoms with Gasteiger partial charge in [-0.1, -0.05) is 6.07 Å². The highest BCUT2D eigenvalue weighted by Crippen LogP contribution is 2.25. The highest BCUT2D eigenvalue weighted by atomic mass is 32.1.